The van der Waals surface area contributed by atoms with Gasteiger partial charge in [-0.05, 0) is 42.9 Å². The Labute approximate surface area is 141 Å². The van der Waals surface area contributed by atoms with Crippen LogP contribution in [0.2, 0.25) is 10.0 Å². The minimum Gasteiger partial charge on any atom is -0.252 e. The van der Waals surface area contributed by atoms with E-state index in [2.05, 4.69) is 23.1 Å². The van der Waals surface area contributed by atoms with Gasteiger partial charge in [0.1, 0.15) is 12.7 Å². The summed E-state index contributed by atoms with van der Waals surface area (Å²) in [5.74, 6) is 0.764. The first-order chi connectivity index (χ1) is 10.6. The van der Waals surface area contributed by atoms with Gasteiger partial charge in [-0.1, -0.05) is 49.0 Å². The van der Waals surface area contributed by atoms with Crippen LogP contribution in [0.25, 0.3) is 0 Å². The van der Waals surface area contributed by atoms with Gasteiger partial charge >= 0.3 is 0 Å². The number of hydrogen-bond donors (Lipinski definition) is 0. The van der Waals surface area contributed by atoms with Crippen LogP contribution >= 0.6 is 23.2 Å². The maximum atomic E-state index is 6.53. The van der Waals surface area contributed by atoms with Gasteiger partial charge in [0.2, 0.25) is 0 Å². The van der Waals surface area contributed by atoms with Gasteiger partial charge in [-0.25, -0.2) is 4.98 Å². The number of rotatable bonds is 5. The Morgan fingerprint density at radius 2 is 2.23 bits per heavy atom. The van der Waals surface area contributed by atoms with Crippen molar-refractivity contribution >= 4 is 23.2 Å². The molecule has 2 unspecified atom stereocenters. The monoisotopic (exact) mass is 337 g/mol. The molecule has 0 saturated heterocycles. The first-order valence-corrected chi connectivity index (χ1v) is 8.66. The Balaban J connectivity index is 1.96. The minimum atomic E-state index is 0.0369. The summed E-state index contributed by atoms with van der Waals surface area (Å²) in [6, 6.07) is 5.89. The molecule has 1 aliphatic rings. The van der Waals surface area contributed by atoms with Crippen molar-refractivity contribution < 1.29 is 0 Å². The number of nitrogens with zero attached hydrogens (tertiary/aromatic N) is 3. The molecular formula is C17H21Cl2N3. The molecule has 1 fully saturated rings. The van der Waals surface area contributed by atoms with E-state index in [1.165, 1.54) is 24.8 Å². The lowest BCUT2D eigenvalue weighted by Gasteiger charge is -2.31. The van der Waals surface area contributed by atoms with Crippen LogP contribution in [0.5, 0.6) is 0 Å². The Bertz CT molecular complexity index is 627. The van der Waals surface area contributed by atoms with E-state index in [4.69, 9.17) is 23.2 Å². The summed E-state index contributed by atoms with van der Waals surface area (Å²) in [7, 11) is 0. The smallest absolute Gasteiger partial charge is 0.137 e. The largest absolute Gasteiger partial charge is 0.252 e. The average Bonchev–Trinajstić information content (AvgIpc) is 3.10. The normalized spacial score (nSPS) is 24.8. The second-order valence-corrected chi connectivity index (χ2v) is 7.24. The van der Waals surface area contributed by atoms with Crippen LogP contribution in [-0.4, -0.2) is 14.8 Å². The lowest BCUT2D eigenvalue weighted by molar-refractivity contribution is 0.333. The number of hydrogen-bond acceptors (Lipinski definition) is 2. The fourth-order valence-corrected chi connectivity index (χ4v) is 4.52. The van der Waals surface area contributed by atoms with Crippen molar-refractivity contribution in [3.63, 3.8) is 0 Å². The summed E-state index contributed by atoms with van der Waals surface area (Å²) >= 11 is 12.6. The van der Waals surface area contributed by atoms with Gasteiger partial charge < -0.3 is 0 Å². The summed E-state index contributed by atoms with van der Waals surface area (Å²) in [6.07, 6.45) is 9.44. The predicted molar refractivity (Wildman–Crippen MR) is 90.4 cm³/mol. The predicted octanol–water partition coefficient (Wildman–Crippen LogP) is 5.12. The molecule has 0 spiro atoms. The SMILES string of the molecule is CCCC1CCC(Cn2cncn2)(c2ccc(Cl)cc2Cl)C1. The van der Waals surface area contributed by atoms with Gasteiger partial charge in [0.15, 0.2) is 0 Å². The molecule has 0 amide bonds. The first kappa shape index (κ1) is 15.8. The second kappa shape index (κ2) is 6.59. The van der Waals surface area contributed by atoms with Crippen molar-refractivity contribution in [3.05, 3.63) is 46.5 Å². The molecule has 2 aromatic rings. The van der Waals surface area contributed by atoms with Crippen molar-refractivity contribution in [1.29, 1.82) is 0 Å². The summed E-state index contributed by atoms with van der Waals surface area (Å²) in [5, 5.41) is 5.76. The van der Waals surface area contributed by atoms with Crippen LogP contribution in [0.3, 0.4) is 0 Å². The van der Waals surface area contributed by atoms with E-state index < -0.39 is 0 Å². The topological polar surface area (TPSA) is 30.7 Å². The van der Waals surface area contributed by atoms with Crippen LogP contribution in [0.15, 0.2) is 30.9 Å². The Hall–Kier alpha value is -1.06. The number of benzene rings is 1. The van der Waals surface area contributed by atoms with Crippen molar-refractivity contribution in [2.24, 2.45) is 5.92 Å². The number of aromatic nitrogens is 3. The fourth-order valence-electron chi connectivity index (χ4n) is 3.91. The first-order valence-electron chi connectivity index (χ1n) is 7.91. The van der Waals surface area contributed by atoms with Crippen LogP contribution in [0, 0.1) is 5.92 Å². The lowest BCUT2D eigenvalue weighted by Crippen LogP contribution is -2.30. The third kappa shape index (κ3) is 3.16. The fraction of sp³-hybridized carbons (Fsp3) is 0.529. The van der Waals surface area contributed by atoms with Gasteiger partial charge in [-0.3, -0.25) is 4.68 Å². The molecule has 118 valence electrons. The summed E-state index contributed by atoms with van der Waals surface area (Å²) in [6.45, 7) is 3.08. The third-order valence-corrected chi connectivity index (χ3v) is 5.39. The molecule has 0 radical (unpaired) electrons. The Kier molecular flexibility index (Phi) is 4.74. The maximum Gasteiger partial charge on any atom is 0.137 e. The molecule has 0 aliphatic heterocycles. The van der Waals surface area contributed by atoms with Gasteiger partial charge in [0.25, 0.3) is 0 Å². The zero-order valence-electron chi connectivity index (χ0n) is 12.8. The van der Waals surface area contributed by atoms with Gasteiger partial charge in [-0.15, -0.1) is 0 Å². The summed E-state index contributed by atoms with van der Waals surface area (Å²) in [5.41, 5.74) is 1.24. The molecule has 1 aromatic carbocycles. The van der Waals surface area contributed by atoms with E-state index in [-0.39, 0.29) is 5.41 Å². The highest BCUT2D eigenvalue weighted by Gasteiger charge is 2.42. The highest BCUT2D eigenvalue weighted by molar-refractivity contribution is 6.35. The van der Waals surface area contributed by atoms with Gasteiger partial charge in [0, 0.05) is 15.5 Å². The lowest BCUT2D eigenvalue weighted by atomic mass is 9.77. The van der Waals surface area contributed by atoms with E-state index in [0.717, 1.165) is 30.3 Å². The third-order valence-electron chi connectivity index (χ3n) is 4.84. The Morgan fingerprint density at radius 1 is 1.36 bits per heavy atom. The average molecular weight is 338 g/mol. The second-order valence-electron chi connectivity index (χ2n) is 6.40. The van der Waals surface area contributed by atoms with E-state index >= 15 is 0 Å². The zero-order valence-corrected chi connectivity index (χ0v) is 14.3. The maximum absolute atomic E-state index is 6.53. The van der Waals surface area contributed by atoms with Gasteiger partial charge in [-0.2, -0.15) is 5.10 Å². The Morgan fingerprint density at radius 3 is 2.91 bits per heavy atom. The molecule has 1 heterocycles. The van der Waals surface area contributed by atoms with Gasteiger partial charge in [0.05, 0.1) is 6.54 Å². The summed E-state index contributed by atoms with van der Waals surface area (Å²) in [4.78, 5) is 4.08. The molecule has 3 nitrogen and oxygen atoms in total. The highest BCUT2D eigenvalue weighted by atomic mass is 35.5. The molecule has 3 rings (SSSR count). The molecule has 1 aromatic heterocycles. The van der Waals surface area contributed by atoms with Crippen molar-refractivity contribution in [2.75, 3.05) is 0 Å². The zero-order chi connectivity index (χ0) is 15.6. The molecule has 1 aliphatic carbocycles. The van der Waals surface area contributed by atoms with E-state index in [9.17, 15) is 0 Å². The molecule has 1 saturated carbocycles. The van der Waals surface area contributed by atoms with Crippen molar-refractivity contribution in [2.45, 2.75) is 51.0 Å². The van der Waals surface area contributed by atoms with E-state index in [1.807, 2.05) is 16.8 Å². The van der Waals surface area contributed by atoms with Crippen LogP contribution in [0.4, 0.5) is 0 Å². The van der Waals surface area contributed by atoms with Crippen molar-refractivity contribution in [1.82, 2.24) is 14.8 Å². The van der Waals surface area contributed by atoms with E-state index in [1.54, 1.807) is 12.7 Å². The molecule has 0 N–H and O–H groups in total. The quantitative estimate of drug-likeness (QED) is 0.757. The minimum absolute atomic E-state index is 0.0369. The molecule has 0 bridgehead atoms. The van der Waals surface area contributed by atoms with E-state index in [0.29, 0.717) is 5.02 Å². The molecule has 5 heteroatoms. The molecule has 22 heavy (non-hydrogen) atoms. The number of halogens is 2. The van der Waals surface area contributed by atoms with Crippen molar-refractivity contribution in [3.8, 4) is 0 Å². The standard InChI is InChI=1S/C17H21Cl2N3/c1-2-3-13-6-7-17(9-13,10-22-12-20-11-21-22)15-5-4-14(18)8-16(15)19/h4-5,8,11-13H,2-3,6-7,9-10H2,1H3. The van der Waals surface area contributed by atoms with Crippen LogP contribution < -0.4 is 0 Å². The molecule has 2 atom stereocenters. The highest BCUT2D eigenvalue weighted by Crippen LogP contribution is 2.49. The van der Waals surface area contributed by atoms with Crippen LogP contribution in [0.1, 0.15) is 44.6 Å². The summed E-state index contributed by atoms with van der Waals surface area (Å²) < 4.78 is 1.93. The van der Waals surface area contributed by atoms with Crippen LogP contribution in [-0.2, 0) is 12.0 Å². The molecular weight excluding hydrogens is 317 g/mol.